The molecule has 1 saturated heterocycles. The fourth-order valence-electron chi connectivity index (χ4n) is 1.90. The molecule has 84 valence electrons. The molecule has 0 saturated carbocycles. The molecule has 16 heavy (non-hydrogen) atoms. The summed E-state index contributed by atoms with van der Waals surface area (Å²) in [5.74, 6) is -1.04. The first kappa shape index (κ1) is 10.8. The highest BCUT2D eigenvalue weighted by atomic mass is 16.3. The zero-order valence-corrected chi connectivity index (χ0v) is 8.72. The Balaban J connectivity index is 2.12. The Labute approximate surface area is 93.3 Å². The number of Topliss-reactive ketones (excluding diaryl/α,β-unsaturated/α-hetero) is 1. The summed E-state index contributed by atoms with van der Waals surface area (Å²) in [5, 5.41) is 11.4. The second-order valence-electron chi connectivity index (χ2n) is 3.84. The molecule has 2 N–H and O–H groups in total. The normalized spacial score (nSPS) is 23.4. The smallest absolute Gasteiger partial charge is 0.233 e. The van der Waals surface area contributed by atoms with Crippen molar-refractivity contribution < 1.29 is 14.7 Å². The number of rotatable bonds is 4. The van der Waals surface area contributed by atoms with E-state index in [0.29, 0.717) is 12.0 Å². The second kappa shape index (κ2) is 4.45. The maximum atomic E-state index is 12.0. The number of benzene rings is 1. The highest BCUT2D eigenvalue weighted by molar-refractivity contribution is 6.13. The molecule has 1 amide bonds. The molecule has 1 heterocycles. The molecule has 1 aliphatic rings. The van der Waals surface area contributed by atoms with Gasteiger partial charge in [0.1, 0.15) is 5.92 Å². The molecule has 1 aliphatic heterocycles. The van der Waals surface area contributed by atoms with E-state index >= 15 is 0 Å². The van der Waals surface area contributed by atoms with Gasteiger partial charge in [0.15, 0.2) is 5.78 Å². The Morgan fingerprint density at radius 3 is 2.56 bits per heavy atom. The number of β-lactam (4-membered cyclic amide) rings is 1. The van der Waals surface area contributed by atoms with Crippen molar-refractivity contribution in [1.29, 1.82) is 0 Å². The molecule has 4 heteroatoms. The molecule has 0 aromatic heterocycles. The standard InChI is InChI=1S/C12H13NO3/c14-7-6-9-10(12(16)13-9)11(15)8-4-2-1-3-5-8/h1-5,9-10,14H,6-7H2,(H,13,16). The summed E-state index contributed by atoms with van der Waals surface area (Å²) < 4.78 is 0. The molecule has 1 fully saturated rings. The average Bonchev–Trinajstić information content (AvgIpc) is 2.29. The quantitative estimate of drug-likeness (QED) is 0.436. The van der Waals surface area contributed by atoms with Crippen LogP contribution >= 0.6 is 0 Å². The number of ketones is 1. The Kier molecular flexibility index (Phi) is 3.01. The average molecular weight is 219 g/mol. The van der Waals surface area contributed by atoms with Gasteiger partial charge in [-0.1, -0.05) is 30.3 Å². The van der Waals surface area contributed by atoms with Crippen LogP contribution in [0.4, 0.5) is 0 Å². The van der Waals surface area contributed by atoms with Crippen LogP contribution in [0.5, 0.6) is 0 Å². The molecule has 0 radical (unpaired) electrons. The van der Waals surface area contributed by atoms with E-state index in [1.807, 2.05) is 6.07 Å². The van der Waals surface area contributed by atoms with Crippen LogP contribution in [-0.4, -0.2) is 29.4 Å². The molecular formula is C12H13NO3. The van der Waals surface area contributed by atoms with Gasteiger partial charge in [0.05, 0.1) is 0 Å². The van der Waals surface area contributed by atoms with Gasteiger partial charge in [0.2, 0.25) is 5.91 Å². The zero-order valence-electron chi connectivity index (χ0n) is 8.72. The van der Waals surface area contributed by atoms with Crippen molar-refractivity contribution in [2.45, 2.75) is 12.5 Å². The van der Waals surface area contributed by atoms with Crippen LogP contribution < -0.4 is 5.32 Å². The third-order valence-electron chi connectivity index (χ3n) is 2.79. The predicted octanol–water partition coefficient (Wildman–Crippen LogP) is 0.366. The van der Waals surface area contributed by atoms with Crippen LogP contribution in [0.2, 0.25) is 0 Å². The number of hydrogen-bond acceptors (Lipinski definition) is 3. The maximum Gasteiger partial charge on any atom is 0.233 e. The summed E-state index contributed by atoms with van der Waals surface area (Å²) in [7, 11) is 0. The Hall–Kier alpha value is -1.68. The molecule has 4 nitrogen and oxygen atoms in total. The summed E-state index contributed by atoms with van der Waals surface area (Å²) in [6, 6.07) is 8.54. The van der Waals surface area contributed by atoms with Crippen LogP contribution in [0.25, 0.3) is 0 Å². The minimum absolute atomic E-state index is 0.0243. The van der Waals surface area contributed by atoms with Crippen molar-refractivity contribution in [3.63, 3.8) is 0 Å². The van der Waals surface area contributed by atoms with E-state index < -0.39 is 5.92 Å². The fourth-order valence-corrected chi connectivity index (χ4v) is 1.90. The van der Waals surface area contributed by atoms with Crippen LogP contribution in [0.3, 0.4) is 0 Å². The van der Waals surface area contributed by atoms with E-state index in [1.165, 1.54) is 0 Å². The van der Waals surface area contributed by atoms with Gasteiger partial charge >= 0.3 is 0 Å². The highest BCUT2D eigenvalue weighted by Crippen LogP contribution is 2.22. The van der Waals surface area contributed by atoms with E-state index in [9.17, 15) is 9.59 Å². The van der Waals surface area contributed by atoms with Crippen molar-refractivity contribution in [2.75, 3.05) is 6.61 Å². The minimum atomic E-state index is -0.630. The SMILES string of the molecule is O=C1NC(CCO)C1C(=O)c1ccccc1. The number of amides is 1. The van der Waals surface area contributed by atoms with Crippen molar-refractivity contribution in [1.82, 2.24) is 5.32 Å². The Morgan fingerprint density at radius 1 is 1.31 bits per heavy atom. The Morgan fingerprint density at radius 2 is 2.00 bits per heavy atom. The van der Waals surface area contributed by atoms with Gasteiger partial charge in [-0.2, -0.15) is 0 Å². The van der Waals surface area contributed by atoms with Gasteiger partial charge in [0.25, 0.3) is 0 Å². The molecule has 0 spiro atoms. The van der Waals surface area contributed by atoms with Gasteiger partial charge in [0, 0.05) is 18.2 Å². The molecular weight excluding hydrogens is 206 g/mol. The summed E-state index contributed by atoms with van der Waals surface area (Å²) in [5.41, 5.74) is 0.547. The van der Waals surface area contributed by atoms with Gasteiger partial charge in [-0.3, -0.25) is 9.59 Å². The highest BCUT2D eigenvalue weighted by Gasteiger charge is 2.43. The molecule has 2 atom stereocenters. The number of aliphatic hydroxyl groups is 1. The predicted molar refractivity (Wildman–Crippen MR) is 57.9 cm³/mol. The molecule has 1 aromatic carbocycles. The van der Waals surface area contributed by atoms with E-state index in [2.05, 4.69) is 5.32 Å². The van der Waals surface area contributed by atoms with Gasteiger partial charge in [-0.05, 0) is 6.42 Å². The summed E-state index contributed by atoms with van der Waals surface area (Å²) in [6.07, 6.45) is 0.426. The number of nitrogens with one attached hydrogen (secondary N) is 1. The monoisotopic (exact) mass is 219 g/mol. The topological polar surface area (TPSA) is 66.4 Å². The Bertz CT molecular complexity index is 402. The molecule has 1 aromatic rings. The van der Waals surface area contributed by atoms with Crippen molar-refractivity contribution in [2.24, 2.45) is 5.92 Å². The minimum Gasteiger partial charge on any atom is -0.396 e. The van der Waals surface area contributed by atoms with Crippen molar-refractivity contribution in [3.05, 3.63) is 35.9 Å². The van der Waals surface area contributed by atoms with E-state index in [1.54, 1.807) is 24.3 Å². The van der Waals surface area contributed by atoms with Crippen LogP contribution in [0, 0.1) is 5.92 Å². The number of aliphatic hydroxyl groups excluding tert-OH is 1. The third-order valence-corrected chi connectivity index (χ3v) is 2.79. The first-order valence-corrected chi connectivity index (χ1v) is 5.24. The van der Waals surface area contributed by atoms with E-state index in [-0.39, 0.29) is 24.3 Å². The number of carbonyl (C=O) groups is 2. The summed E-state index contributed by atoms with van der Waals surface area (Å²) in [4.78, 5) is 23.3. The van der Waals surface area contributed by atoms with Gasteiger partial charge in [-0.15, -0.1) is 0 Å². The number of carbonyl (C=O) groups excluding carboxylic acids is 2. The van der Waals surface area contributed by atoms with Gasteiger partial charge < -0.3 is 10.4 Å². The largest absolute Gasteiger partial charge is 0.396 e. The van der Waals surface area contributed by atoms with E-state index in [0.717, 1.165) is 0 Å². The van der Waals surface area contributed by atoms with Crippen molar-refractivity contribution in [3.8, 4) is 0 Å². The summed E-state index contributed by atoms with van der Waals surface area (Å²) in [6.45, 7) is -0.0243. The van der Waals surface area contributed by atoms with E-state index in [4.69, 9.17) is 5.11 Å². The first-order valence-electron chi connectivity index (χ1n) is 5.24. The summed E-state index contributed by atoms with van der Waals surface area (Å²) >= 11 is 0. The lowest BCUT2D eigenvalue weighted by atomic mass is 9.82. The lowest BCUT2D eigenvalue weighted by Crippen LogP contribution is -2.61. The van der Waals surface area contributed by atoms with Crippen LogP contribution in [0.1, 0.15) is 16.8 Å². The molecule has 0 aliphatic carbocycles. The first-order chi connectivity index (χ1) is 7.74. The second-order valence-corrected chi connectivity index (χ2v) is 3.84. The van der Waals surface area contributed by atoms with Crippen LogP contribution in [0.15, 0.2) is 30.3 Å². The third kappa shape index (κ3) is 1.84. The van der Waals surface area contributed by atoms with Crippen LogP contribution in [-0.2, 0) is 4.79 Å². The zero-order chi connectivity index (χ0) is 11.5. The lowest BCUT2D eigenvalue weighted by Gasteiger charge is -2.35. The molecule has 0 bridgehead atoms. The maximum absolute atomic E-state index is 12.0. The van der Waals surface area contributed by atoms with Crippen molar-refractivity contribution >= 4 is 11.7 Å². The molecule has 2 unspecified atom stereocenters. The van der Waals surface area contributed by atoms with Gasteiger partial charge in [-0.25, -0.2) is 0 Å². The fraction of sp³-hybridized carbons (Fsp3) is 0.333. The molecule has 2 rings (SSSR count). The lowest BCUT2D eigenvalue weighted by molar-refractivity contribution is -0.132. The number of hydrogen-bond donors (Lipinski definition) is 2.